The van der Waals surface area contributed by atoms with E-state index in [0.717, 1.165) is 24.3 Å². The van der Waals surface area contributed by atoms with Crippen LogP contribution in [-0.2, 0) is 15.7 Å². The quantitative estimate of drug-likeness (QED) is 0.864. The maximum Gasteiger partial charge on any atom is 0.416 e. The lowest BCUT2D eigenvalue weighted by Gasteiger charge is -2.38. The molecule has 0 radical (unpaired) electrons. The first-order valence-electron chi connectivity index (χ1n) is 8.19. The van der Waals surface area contributed by atoms with E-state index in [0.29, 0.717) is 32.5 Å². The van der Waals surface area contributed by atoms with E-state index >= 15 is 0 Å². The highest BCUT2D eigenvalue weighted by molar-refractivity contribution is 5.82. The molecular formula is C17H19F3N2O4. The summed E-state index contributed by atoms with van der Waals surface area (Å²) in [6, 6.07) is 3.88. The van der Waals surface area contributed by atoms with Crippen molar-refractivity contribution >= 4 is 12.0 Å². The number of carbonyl (C=O) groups is 2. The number of rotatable bonds is 2. The van der Waals surface area contributed by atoms with Crippen LogP contribution in [0.15, 0.2) is 24.3 Å². The predicted octanol–water partition coefficient (Wildman–Crippen LogP) is 2.18. The Hall–Kier alpha value is -2.29. The van der Waals surface area contributed by atoms with Crippen molar-refractivity contribution in [1.82, 2.24) is 9.80 Å². The highest BCUT2D eigenvalue weighted by Crippen LogP contribution is 2.34. The van der Waals surface area contributed by atoms with Gasteiger partial charge in [-0.1, -0.05) is 12.1 Å². The van der Waals surface area contributed by atoms with Crippen LogP contribution in [0.3, 0.4) is 0 Å². The normalized spacial score (nSPS) is 21.0. The van der Waals surface area contributed by atoms with Crippen LogP contribution in [-0.4, -0.2) is 59.2 Å². The zero-order valence-electron chi connectivity index (χ0n) is 14.1. The third kappa shape index (κ3) is 3.48. The second kappa shape index (κ2) is 6.46. The molecule has 2 aliphatic rings. The summed E-state index contributed by atoms with van der Waals surface area (Å²) in [4.78, 5) is 26.9. The zero-order chi connectivity index (χ0) is 19.1. The fourth-order valence-electron chi connectivity index (χ4n) is 3.36. The van der Waals surface area contributed by atoms with E-state index in [4.69, 9.17) is 4.74 Å². The summed E-state index contributed by atoms with van der Waals surface area (Å²) in [6.45, 7) is 1.06. The van der Waals surface area contributed by atoms with Crippen LogP contribution in [0.4, 0.5) is 18.0 Å². The van der Waals surface area contributed by atoms with Gasteiger partial charge in [-0.05, 0) is 17.7 Å². The Morgan fingerprint density at radius 2 is 1.81 bits per heavy atom. The molecule has 0 aromatic heterocycles. The summed E-state index contributed by atoms with van der Waals surface area (Å²) in [7, 11) is 1.64. The number of aliphatic hydroxyl groups excluding tert-OH is 1. The van der Waals surface area contributed by atoms with E-state index in [1.165, 1.54) is 9.80 Å². The number of carbonyl (C=O) groups excluding carboxylic acids is 2. The van der Waals surface area contributed by atoms with Crippen molar-refractivity contribution in [3.63, 3.8) is 0 Å². The van der Waals surface area contributed by atoms with Crippen molar-refractivity contribution in [2.75, 3.05) is 26.7 Å². The summed E-state index contributed by atoms with van der Waals surface area (Å²) >= 11 is 0. The average molecular weight is 372 g/mol. The van der Waals surface area contributed by atoms with E-state index in [2.05, 4.69) is 0 Å². The summed E-state index contributed by atoms with van der Waals surface area (Å²) in [5.74, 6) is -0.572. The summed E-state index contributed by atoms with van der Waals surface area (Å²) in [6.07, 6.45) is -5.49. The van der Waals surface area contributed by atoms with Gasteiger partial charge in [0.2, 0.25) is 0 Å². The average Bonchev–Trinajstić information content (AvgIpc) is 2.87. The summed E-state index contributed by atoms with van der Waals surface area (Å²) in [5, 5.41) is 10.2. The molecule has 6 nitrogen and oxygen atoms in total. The molecule has 3 rings (SSSR count). The van der Waals surface area contributed by atoms with Crippen LogP contribution in [0.2, 0.25) is 0 Å². The van der Waals surface area contributed by atoms with Crippen LogP contribution < -0.4 is 0 Å². The van der Waals surface area contributed by atoms with Crippen molar-refractivity contribution in [3.05, 3.63) is 35.4 Å². The molecule has 0 aliphatic carbocycles. The number of amides is 2. The molecule has 2 saturated heterocycles. The van der Waals surface area contributed by atoms with Gasteiger partial charge in [0.05, 0.1) is 12.1 Å². The Morgan fingerprint density at radius 3 is 2.27 bits per heavy atom. The Bertz CT molecular complexity index is 697. The minimum absolute atomic E-state index is 0.107. The third-order valence-electron chi connectivity index (χ3n) is 4.91. The first-order chi connectivity index (χ1) is 12.1. The number of likely N-dealkylation sites (N-methyl/N-ethyl adjacent to an activating group) is 1. The number of aliphatic hydroxyl groups is 1. The van der Waals surface area contributed by atoms with Gasteiger partial charge < -0.3 is 19.6 Å². The predicted molar refractivity (Wildman–Crippen MR) is 84.1 cm³/mol. The zero-order valence-corrected chi connectivity index (χ0v) is 14.1. The molecule has 9 heteroatoms. The van der Waals surface area contributed by atoms with Gasteiger partial charge in [0.25, 0.3) is 5.91 Å². The molecule has 1 atom stereocenters. The Morgan fingerprint density at radius 1 is 1.23 bits per heavy atom. The number of alkyl halides is 3. The fourth-order valence-corrected chi connectivity index (χ4v) is 3.36. The molecular weight excluding hydrogens is 353 g/mol. The first kappa shape index (κ1) is 18.5. The minimum atomic E-state index is -4.47. The lowest BCUT2D eigenvalue weighted by Crippen LogP contribution is -2.49. The molecule has 26 heavy (non-hydrogen) atoms. The number of likely N-dealkylation sites (tertiary alicyclic amines) is 1. The number of hydrogen-bond donors (Lipinski definition) is 1. The lowest BCUT2D eigenvalue weighted by molar-refractivity contribution is -0.143. The SMILES string of the molecule is CN1CC2(CCN(C(=O)[C@@H](O)c3ccc(C(F)(F)F)cc3)CC2)OC1=O. The van der Waals surface area contributed by atoms with Gasteiger partial charge in [0.1, 0.15) is 5.60 Å². The van der Waals surface area contributed by atoms with Gasteiger partial charge in [-0.25, -0.2) is 4.79 Å². The van der Waals surface area contributed by atoms with Crippen LogP contribution >= 0.6 is 0 Å². The van der Waals surface area contributed by atoms with Gasteiger partial charge in [0.15, 0.2) is 6.10 Å². The van der Waals surface area contributed by atoms with Crippen molar-refractivity contribution in [2.24, 2.45) is 0 Å². The van der Waals surface area contributed by atoms with Gasteiger partial charge in [0, 0.05) is 33.0 Å². The number of nitrogens with zero attached hydrogens (tertiary/aromatic N) is 2. The minimum Gasteiger partial charge on any atom is -0.441 e. The van der Waals surface area contributed by atoms with Crippen LogP contribution in [0.5, 0.6) is 0 Å². The maximum absolute atomic E-state index is 12.6. The van der Waals surface area contributed by atoms with Crippen LogP contribution in [0.1, 0.15) is 30.1 Å². The molecule has 1 spiro atoms. The number of benzene rings is 1. The first-order valence-corrected chi connectivity index (χ1v) is 8.19. The highest BCUT2D eigenvalue weighted by atomic mass is 19.4. The van der Waals surface area contributed by atoms with E-state index in [-0.39, 0.29) is 5.56 Å². The van der Waals surface area contributed by atoms with Gasteiger partial charge >= 0.3 is 12.3 Å². The van der Waals surface area contributed by atoms with E-state index < -0.39 is 35.4 Å². The van der Waals surface area contributed by atoms with Crippen molar-refractivity contribution in [3.8, 4) is 0 Å². The molecule has 1 aromatic carbocycles. The lowest BCUT2D eigenvalue weighted by atomic mass is 9.91. The molecule has 2 heterocycles. The van der Waals surface area contributed by atoms with Crippen molar-refractivity contribution in [2.45, 2.75) is 30.7 Å². The standard InChI is InChI=1S/C17H19F3N2O4/c1-21-10-16(26-15(21)25)6-8-22(9-7-16)14(24)13(23)11-2-4-12(5-3-11)17(18,19)20/h2-5,13,23H,6-10H2,1H3/t13-/m0/s1. The topological polar surface area (TPSA) is 70.1 Å². The van der Waals surface area contributed by atoms with Gasteiger partial charge in [-0.3, -0.25) is 4.79 Å². The molecule has 1 N–H and O–H groups in total. The largest absolute Gasteiger partial charge is 0.441 e. The van der Waals surface area contributed by atoms with Crippen LogP contribution in [0, 0.1) is 0 Å². The third-order valence-corrected chi connectivity index (χ3v) is 4.91. The number of ether oxygens (including phenoxy) is 1. The molecule has 1 aromatic rings. The van der Waals surface area contributed by atoms with Crippen molar-refractivity contribution in [1.29, 1.82) is 0 Å². The number of halogens is 3. The highest BCUT2D eigenvalue weighted by Gasteiger charge is 2.46. The fraction of sp³-hybridized carbons (Fsp3) is 0.529. The number of hydrogen-bond acceptors (Lipinski definition) is 4. The molecule has 0 saturated carbocycles. The number of piperidine rings is 1. The Labute approximate surface area is 148 Å². The molecule has 2 amide bonds. The molecule has 2 aliphatic heterocycles. The molecule has 0 bridgehead atoms. The van der Waals surface area contributed by atoms with E-state index in [1.807, 2.05) is 0 Å². The van der Waals surface area contributed by atoms with E-state index in [1.54, 1.807) is 7.05 Å². The molecule has 0 unspecified atom stereocenters. The molecule has 2 fully saturated rings. The summed E-state index contributed by atoms with van der Waals surface area (Å²) < 4.78 is 43.2. The second-order valence-corrected chi connectivity index (χ2v) is 6.75. The Balaban J connectivity index is 1.62. The molecule has 142 valence electrons. The van der Waals surface area contributed by atoms with Gasteiger partial charge in [-0.2, -0.15) is 13.2 Å². The summed E-state index contributed by atoms with van der Waals surface area (Å²) in [5.41, 5.74) is -1.34. The monoisotopic (exact) mass is 372 g/mol. The van der Waals surface area contributed by atoms with E-state index in [9.17, 15) is 27.9 Å². The Kier molecular flexibility index (Phi) is 4.60. The smallest absolute Gasteiger partial charge is 0.416 e. The van der Waals surface area contributed by atoms with Crippen molar-refractivity contribution < 1.29 is 32.6 Å². The van der Waals surface area contributed by atoms with Crippen LogP contribution in [0.25, 0.3) is 0 Å². The van der Waals surface area contributed by atoms with Gasteiger partial charge in [-0.15, -0.1) is 0 Å². The second-order valence-electron chi connectivity index (χ2n) is 6.75. The maximum atomic E-state index is 12.6.